The Morgan fingerprint density at radius 2 is 1.89 bits per heavy atom. The average molecular weight is 421 g/mol. The fourth-order valence-electron chi connectivity index (χ4n) is 3.11. The topological polar surface area (TPSA) is 86.7 Å². The van der Waals surface area contributed by atoms with Crippen molar-refractivity contribution in [2.75, 3.05) is 0 Å². The number of carboxylic acids is 1. The van der Waals surface area contributed by atoms with Crippen LogP contribution in [0.5, 0.6) is 0 Å². The first kappa shape index (κ1) is 20.4. The van der Waals surface area contributed by atoms with Crippen LogP contribution in [-0.4, -0.2) is 23.8 Å². The predicted molar refractivity (Wildman–Crippen MR) is 108 cm³/mol. The number of aromatic carboxylic acids is 1. The van der Waals surface area contributed by atoms with Crippen molar-refractivity contribution in [3.63, 3.8) is 0 Å². The van der Waals surface area contributed by atoms with E-state index in [1.165, 1.54) is 16.4 Å². The van der Waals surface area contributed by atoms with Gasteiger partial charge in [-0.1, -0.05) is 42.8 Å². The molecule has 3 rings (SSSR count). The Hall–Kier alpha value is -2.35. The molecule has 2 N–H and O–H groups in total. The molecule has 1 heterocycles. The minimum absolute atomic E-state index is 0.104. The molecule has 0 aromatic heterocycles. The average Bonchev–Trinajstić information content (AvgIpc) is 2.63. The van der Waals surface area contributed by atoms with Crippen LogP contribution in [0.1, 0.15) is 46.4 Å². The molecule has 6 nitrogen and oxygen atoms in total. The van der Waals surface area contributed by atoms with Gasteiger partial charge in [0.25, 0.3) is 0 Å². The van der Waals surface area contributed by atoms with E-state index in [1.807, 2.05) is 32.0 Å². The summed E-state index contributed by atoms with van der Waals surface area (Å²) in [5.41, 5.74) is 3.45. The monoisotopic (exact) mass is 420 g/mol. The summed E-state index contributed by atoms with van der Waals surface area (Å²) >= 11 is 6.36. The molecule has 2 aromatic rings. The standard InChI is InChI=1S/C20H21ClN2O4S/c1-3-15-12-23(11-14-5-7-16(8-6-14)20(24)25)28(26,27)22-19(15)17-9-4-13(2)10-18(17)21/h4-10,12,19,22H,3,11H2,1-2H3,(H,24,25). The van der Waals surface area contributed by atoms with Gasteiger partial charge >= 0.3 is 16.2 Å². The first-order valence-electron chi connectivity index (χ1n) is 8.79. The van der Waals surface area contributed by atoms with Crippen LogP contribution in [-0.2, 0) is 16.8 Å². The molecule has 0 amide bonds. The lowest BCUT2D eigenvalue weighted by atomic mass is 9.97. The summed E-state index contributed by atoms with van der Waals surface area (Å²) in [4.78, 5) is 11.0. The first-order chi connectivity index (χ1) is 13.2. The van der Waals surface area contributed by atoms with Gasteiger partial charge in [0.05, 0.1) is 18.2 Å². The van der Waals surface area contributed by atoms with E-state index in [4.69, 9.17) is 16.7 Å². The Bertz CT molecular complexity index is 1030. The maximum atomic E-state index is 12.8. The molecule has 1 aliphatic rings. The molecule has 0 bridgehead atoms. The molecule has 0 saturated heterocycles. The van der Waals surface area contributed by atoms with Gasteiger partial charge in [0.15, 0.2) is 0 Å². The van der Waals surface area contributed by atoms with Gasteiger partial charge < -0.3 is 5.11 Å². The first-order valence-corrected chi connectivity index (χ1v) is 10.6. The van der Waals surface area contributed by atoms with Crippen molar-refractivity contribution in [3.8, 4) is 0 Å². The van der Waals surface area contributed by atoms with Gasteiger partial charge in [-0.25, -0.2) is 4.79 Å². The molecule has 0 aliphatic carbocycles. The molecule has 0 spiro atoms. The maximum Gasteiger partial charge on any atom is 0.335 e. The highest BCUT2D eigenvalue weighted by Crippen LogP contribution is 2.34. The van der Waals surface area contributed by atoms with Crippen molar-refractivity contribution in [1.82, 2.24) is 9.03 Å². The van der Waals surface area contributed by atoms with Gasteiger partial charge in [-0.2, -0.15) is 13.1 Å². The summed E-state index contributed by atoms with van der Waals surface area (Å²) < 4.78 is 29.6. The van der Waals surface area contributed by atoms with Crippen LogP contribution in [0.4, 0.5) is 0 Å². The van der Waals surface area contributed by atoms with Crippen LogP contribution >= 0.6 is 11.6 Å². The van der Waals surface area contributed by atoms with E-state index in [2.05, 4.69) is 4.72 Å². The second kappa shape index (κ2) is 7.95. The number of carboxylic acid groups (broad SMARTS) is 1. The van der Waals surface area contributed by atoms with Gasteiger partial charge in [0, 0.05) is 11.2 Å². The smallest absolute Gasteiger partial charge is 0.335 e. The van der Waals surface area contributed by atoms with E-state index in [0.717, 1.165) is 16.7 Å². The number of hydrogen-bond donors (Lipinski definition) is 2. The van der Waals surface area contributed by atoms with Crippen LogP contribution in [0.15, 0.2) is 54.2 Å². The van der Waals surface area contributed by atoms with Crippen molar-refractivity contribution in [1.29, 1.82) is 0 Å². The van der Waals surface area contributed by atoms with Crippen LogP contribution in [0.2, 0.25) is 5.02 Å². The van der Waals surface area contributed by atoms with Gasteiger partial charge in [-0.15, -0.1) is 0 Å². The minimum Gasteiger partial charge on any atom is -0.478 e. The molecule has 8 heteroatoms. The van der Waals surface area contributed by atoms with E-state index in [0.29, 0.717) is 17.0 Å². The fourth-order valence-corrected chi connectivity index (χ4v) is 4.76. The lowest BCUT2D eigenvalue weighted by Gasteiger charge is -2.33. The second-order valence-electron chi connectivity index (χ2n) is 6.69. The molecular formula is C20H21ClN2O4S. The Kier molecular flexibility index (Phi) is 5.79. The summed E-state index contributed by atoms with van der Waals surface area (Å²) in [6.07, 6.45) is 2.28. The highest BCUT2D eigenvalue weighted by Gasteiger charge is 2.32. The quantitative estimate of drug-likeness (QED) is 0.764. The number of carbonyl (C=O) groups is 1. The Labute approximate surface area is 169 Å². The third-order valence-electron chi connectivity index (χ3n) is 4.67. The molecular weight excluding hydrogens is 400 g/mol. The molecule has 0 radical (unpaired) electrons. The molecule has 148 valence electrons. The molecule has 1 atom stereocenters. The summed E-state index contributed by atoms with van der Waals surface area (Å²) in [5, 5.41) is 9.51. The zero-order valence-electron chi connectivity index (χ0n) is 15.5. The molecule has 28 heavy (non-hydrogen) atoms. The third-order valence-corrected chi connectivity index (χ3v) is 6.38. The minimum atomic E-state index is -3.78. The lowest BCUT2D eigenvalue weighted by molar-refractivity contribution is 0.0697. The highest BCUT2D eigenvalue weighted by atomic mass is 35.5. The number of benzene rings is 2. The summed E-state index contributed by atoms with van der Waals surface area (Å²) in [6.45, 7) is 3.99. The number of rotatable bonds is 5. The fraction of sp³-hybridized carbons (Fsp3) is 0.250. The highest BCUT2D eigenvalue weighted by molar-refractivity contribution is 7.87. The SMILES string of the molecule is CCC1=CN(Cc2ccc(C(=O)O)cc2)S(=O)(=O)NC1c1ccc(C)cc1Cl. The normalized spacial score (nSPS) is 18.6. The van der Waals surface area contributed by atoms with Crippen molar-refractivity contribution >= 4 is 27.8 Å². The van der Waals surface area contributed by atoms with Crippen LogP contribution < -0.4 is 4.72 Å². The zero-order valence-corrected chi connectivity index (χ0v) is 17.1. The Balaban J connectivity index is 1.92. The summed E-state index contributed by atoms with van der Waals surface area (Å²) in [6, 6.07) is 11.2. The number of nitrogens with zero attached hydrogens (tertiary/aromatic N) is 1. The van der Waals surface area contributed by atoms with Gasteiger partial charge in [0.2, 0.25) is 0 Å². The van der Waals surface area contributed by atoms with E-state index < -0.39 is 22.2 Å². The van der Waals surface area contributed by atoms with E-state index in [1.54, 1.807) is 18.3 Å². The van der Waals surface area contributed by atoms with Crippen LogP contribution in [0, 0.1) is 6.92 Å². The number of halogens is 1. The molecule has 0 saturated carbocycles. The third kappa shape index (κ3) is 4.22. The van der Waals surface area contributed by atoms with Crippen LogP contribution in [0.3, 0.4) is 0 Å². The van der Waals surface area contributed by atoms with Crippen LogP contribution in [0.25, 0.3) is 0 Å². The van der Waals surface area contributed by atoms with E-state index in [9.17, 15) is 13.2 Å². The number of hydrogen-bond acceptors (Lipinski definition) is 3. The molecule has 2 aromatic carbocycles. The van der Waals surface area contributed by atoms with Crippen molar-refractivity contribution in [2.24, 2.45) is 0 Å². The second-order valence-corrected chi connectivity index (χ2v) is 8.75. The maximum absolute atomic E-state index is 12.8. The van der Waals surface area contributed by atoms with Gasteiger partial charge in [0.1, 0.15) is 0 Å². The predicted octanol–water partition coefficient (Wildman–Crippen LogP) is 4.03. The number of nitrogens with one attached hydrogen (secondary N) is 1. The van der Waals surface area contributed by atoms with Crippen molar-refractivity contribution in [2.45, 2.75) is 32.9 Å². The van der Waals surface area contributed by atoms with Crippen molar-refractivity contribution in [3.05, 3.63) is 81.5 Å². The summed E-state index contributed by atoms with van der Waals surface area (Å²) in [7, 11) is -3.78. The Morgan fingerprint density at radius 3 is 2.46 bits per heavy atom. The lowest BCUT2D eigenvalue weighted by Crippen LogP contribution is -2.44. The Morgan fingerprint density at radius 1 is 1.21 bits per heavy atom. The van der Waals surface area contributed by atoms with E-state index in [-0.39, 0.29) is 12.1 Å². The van der Waals surface area contributed by atoms with Crippen molar-refractivity contribution < 1.29 is 18.3 Å². The molecule has 0 fully saturated rings. The zero-order chi connectivity index (χ0) is 20.5. The van der Waals surface area contributed by atoms with E-state index >= 15 is 0 Å². The largest absolute Gasteiger partial charge is 0.478 e. The summed E-state index contributed by atoms with van der Waals surface area (Å²) in [5.74, 6) is -1.02. The van der Waals surface area contributed by atoms with Gasteiger partial charge in [-0.05, 0) is 53.8 Å². The van der Waals surface area contributed by atoms with Gasteiger partial charge in [-0.3, -0.25) is 4.31 Å². The molecule has 1 aliphatic heterocycles. The molecule has 1 unspecified atom stereocenters. The number of aryl methyl sites for hydroxylation is 1.